The van der Waals surface area contributed by atoms with Crippen molar-refractivity contribution in [1.29, 1.82) is 0 Å². The number of fused-ring (bicyclic) bond motifs is 1. The van der Waals surface area contributed by atoms with Gasteiger partial charge in [-0.15, -0.1) is 11.8 Å². The molecule has 0 aromatic heterocycles. The molecule has 0 saturated heterocycles. The van der Waals surface area contributed by atoms with Gasteiger partial charge in [-0.3, -0.25) is 9.59 Å². The summed E-state index contributed by atoms with van der Waals surface area (Å²) < 4.78 is 0. The van der Waals surface area contributed by atoms with E-state index in [0.717, 1.165) is 18.6 Å². The van der Waals surface area contributed by atoms with Gasteiger partial charge in [-0.1, -0.05) is 6.07 Å². The van der Waals surface area contributed by atoms with Gasteiger partial charge in [0.1, 0.15) is 5.41 Å². The lowest BCUT2D eigenvalue weighted by atomic mass is 9.84. The third-order valence-electron chi connectivity index (χ3n) is 3.27. The van der Waals surface area contributed by atoms with Crippen molar-refractivity contribution in [3.05, 3.63) is 29.3 Å². The first-order valence-electron chi connectivity index (χ1n) is 5.97. The van der Waals surface area contributed by atoms with Crippen molar-refractivity contribution in [2.24, 2.45) is 5.41 Å². The number of ketones is 1. The maximum Gasteiger partial charge on any atom is 0.316 e. The van der Waals surface area contributed by atoms with Crippen molar-refractivity contribution in [2.75, 3.05) is 5.75 Å². The number of thioether (sulfide) groups is 1. The Bertz CT molecular complexity index is 506. The lowest BCUT2D eigenvalue weighted by Crippen LogP contribution is -2.33. The predicted molar refractivity (Wildman–Crippen MR) is 71.2 cm³/mol. The second kappa shape index (κ2) is 4.76. The standard InChI is InChI=1S/C14H16O3S/c1-14(2,13(16)17)12(15)10-5-6-11-9(8-10)4-3-7-18-11/h5-6,8H,3-4,7H2,1-2H3,(H,16,17). The Morgan fingerprint density at radius 3 is 2.72 bits per heavy atom. The van der Waals surface area contributed by atoms with Crippen LogP contribution in [0, 0.1) is 5.41 Å². The van der Waals surface area contributed by atoms with E-state index in [4.69, 9.17) is 5.11 Å². The van der Waals surface area contributed by atoms with Crippen LogP contribution in [0.2, 0.25) is 0 Å². The summed E-state index contributed by atoms with van der Waals surface area (Å²) in [7, 11) is 0. The van der Waals surface area contributed by atoms with E-state index in [9.17, 15) is 9.59 Å². The van der Waals surface area contributed by atoms with Gasteiger partial charge in [0.2, 0.25) is 0 Å². The van der Waals surface area contributed by atoms with E-state index < -0.39 is 11.4 Å². The van der Waals surface area contributed by atoms with Crippen LogP contribution >= 0.6 is 11.8 Å². The summed E-state index contributed by atoms with van der Waals surface area (Å²) in [4.78, 5) is 24.5. The number of Topliss-reactive ketones (excluding diaryl/α,β-unsaturated/α-hetero) is 1. The summed E-state index contributed by atoms with van der Waals surface area (Å²) in [5.41, 5.74) is 0.303. The van der Waals surface area contributed by atoms with Crippen molar-refractivity contribution in [2.45, 2.75) is 31.6 Å². The highest BCUT2D eigenvalue weighted by Gasteiger charge is 2.36. The lowest BCUT2D eigenvalue weighted by molar-refractivity contribution is -0.144. The quantitative estimate of drug-likeness (QED) is 0.673. The third-order valence-corrected chi connectivity index (χ3v) is 4.48. The molecule has 1 aromatic rings. The number of benzene rings is 1. The van der Waals surface area contributed by atoms with Crippen molar-refractivity contribution in [3.8, 4) is 0 Å². The van der Waals surface area contributed by atoms with Crippen LogP contribution in [-0.4, -0.2) is 22.6 Å². The average Bonchev–Trinajstić information content (AvgIpc) is 2.37. The van der Waals surface area contributed by atoms with E-state index in [1.807, 2.05) is 12.1 Å². The zero-order chi connectivity index (χ0) is 13.3. The Balaban J connectivity index is 2.35. The molecule has 18 heavy (non-hydrogen) atoms. The molecule has 4 heteroatoms. The minimum Gasteiger partial charge on any atom is -0.481 e. The van der Waals surface area contributed by atoms with Gasteiger partial charge in [-0.05, 0) is 50.1 Å². The Labute approximate surface area is 111 Å². The molecule has 0 atom stereocenters. The average molecular weight is 264 g/mol. The van der Waals surface area contributed by atoms with Gasteiger partial charge >= 0.3 is 5.97 Å². The zero-order valence-electron chi connectivity index (χ0n) is 10.5. The van der Waals surface area contributed by atoms with Crippen molar-refractivity contribution in [3.63, 3.8) is 0 Å². The van der Waals surface area contributed by atoms with Gasteiger partial charge in [0, 0.05) is 10.5 Å². The van der Waals surface area contributed by atoms with Crippen LogP contribution in [0.15, 0.2) is 23.1 Å². The van der Waals surface area contributed by atoms with Gasteiger partial charge in [0.15, 0.2) is 5.78 Å². The molecule has 96 valence electrons. The van der Waals surface area contributed by atoms with Crippen molar-refractivity contribution in [1.82, 2.24) is 0 Å². The first-order chi connectivity index (χ1) is 8.43. The van der Waals surface area contributed by atoms with Crippen LogP contribution in [0.25, 0.3) is 0 Å². The van der Waals surface area contributed by atoms with Crippen LogP contribution < -0.4 is 0 Å². The molecule has 0 saturated carbocycles. The van der Waals surface area contributed by atoms with Crippen LogP contribution in [0.1, 0.15) is 36.2 Å². The number of hydrogen-bond donors (Lipinski definition) is 1. The van der Waals surface area contributed by atoms with Gasteiger partial charge < -0.3 is 5.11 Å². The fraction of sp³-hybridized carbons (Fsp3) is 0.429. The highest BCUT2D eigenvalue weighted by molar-refractivity contribution is 7.99. The molecule has 0 bridgehead atoms. The molecular formula is C14H16O3S. The SMILES string of the molecule is CC(C)(C(=O)O)C(=O)c1ccc2c(c1)CCCS2. The molecule has 0 amide bonds. The fourth-order valence-corrected chi connectivity index (χ4v) is 2.98. The van der Waals surface area contributed by atoms with E-state index in [1.165, 1.54) is 24.3 Å². The van der Waals surface area contributed by atoms with E-state index in [-0.39, 0.29) is 5.78 Å². The van der Waals surface area contributed by atoms with Crippen molar-refractivity contribution >= 4 is 23.5 Å². The number of aliphatic carboxylic acids is 1. The third kappa shape index (κ3) is 2.29. The minimum atomic E-state index is -1.37. The topological polar surface area (TPSA) is 54.4 Å². The van der Waals surface area contributed by atoms with Crippen LogP contribution in [-0.2, 0) is 11.2 Å². The second-order valence-electron chi connectivity index (χ2n) is 5.03. The maximum absolute atomic E-state index is 12.2. The molecule has 3 nitrogen and oxygen atoms in total. The molecule has 0 fully saturated rings. The molecule has 0 spiro atoms. The zero-order valence-corrected chi connectivity index (χ0v) is 11.3. The predicted octanol–water partition coefficient (Wildman–Crippen LogP) is 3.02. The number of rotatable bonds is 3. The number of carboxylic acids is 1. The maximum atomic E-state index is 12.2. The van der Waals surface area contributed by atoms with E-state index in [1.54, 1.807) is 17.8 Å². The highest BCUT2D eigenvalue weighted by atomic mass is 32.2. The normalized spacial score (nSPS) is 15.0. The summed E-state index contributed by atoms with van der Waals surface area (Å²) in [6.45, 7) is 2.90. The molecule has 0 aliphatic carbocycles. The summed E-state index contributed by atoms with van der Waals surface area (Å²) in [5, 5.41) is 9.09. The number of carbonyl (C=O) groups excluding carboxylic acids is 1. The molecule has 0 radical (unpaired) electrons. The lowest BCUT2D eigenvalue weighted by Gasteiger charge is -2.20. The molecular weight excluding hydrogens is 248 g/mol. The van der Waals surface area contributed by atoms with E-state index >= 15 is 0 Å². The van der Waals surface area contributed by atoms with Gasteiger partial charge in [-0.25, -0.2) is 0 Å². The number of carboxylic acid groups (broad SMARTS) is 1. The molecule has 1 aliphatic rings. The van der Waals surface area contributed by atoms with Gasteiger partial charge in [0.05, 0.1) is 0 Å². The molecule has 1 heterocycles. The second-order valence-corrected chi connectivity index (χ2v) is 6.17. The van der Waals surface area contributed by atoms with Gasteiger partial charge in [-0.2, -0.15) is 0 Å². The highest BCUT2D eigenvalue weighted by Crippen LogP contribution is 2.32. The minimum absolute atomic E-state index is 0.326. The Morgan fingerprint density at radius 1 is 1.33 bits per heavy atom. The number of carbonyl (C=O) groups is 2. The summed E-state index contributed by atoms with van der Waals surface area (Å²) in [5.74, 6) is -0.297. The van der Waals surface area contributed by atoms with Crippen LogP contribution in [0.5, 0.6) is 0 Å². The Hall–Kier alpha value is -1.29. The largest absolute Gasteiger partial charge is 0.481 e. The van der Waals surface area contributed by atoms with E-state index in [0.29, 0.717) is 5.56 Å². The molecule has 2 rings (SSSR count). The summed E-state index contributed by atoms with van der Waals surface area (Å²) in [6, 6.07) is 5.53. The van der Waals surface area contributed by atoms with Gasteiger partial charge in [0.25, 0.3) is 0 Å². The summed E-state index contributed by atoms with van der Waals surface area (Å²) in [6.07, 6.45) is 2.08. The Morgan fingerprint density at radius 2 is 2.06 bits per heavy atom. The summed E-state index contributed by atoms with van der Waals surface area (Å²) >= 11 is 1.80. The van der Waals surface area contributed by atoms with Crippen LogP contribution in [0.4, 0.5) is 0 Å². The monoisotopic (exact) mass is 264 g/mol. The van der Waals surface area contributed by atoms with Crippen LogP contribution in [0.3, 0.4) is 0 Å². The molecule has 0 unspecified atom stereocenters. The fourth-order valence-electron chi connectivity index (χ4n) is 1.96. The Kier molecular flexibility index (Phi) is 3.48. The van der Waals surface area contributed by atoms with E-state index in [2.05, 4.69) is 0 Å². The molecule has 1 N–H and O–H groups in total. The van der Waals surface area contributed by atoms with Crippen molar-refractivity contribution < 1.29 is 14.7 Å². The molecule has 1 aliphatic heterocycles. The number of hydrogen-bond acceptors (Lipinski definition) is 3. The first kappa shape index (κ1) is 13.1. The molecule has 1 aromatic carbocycles. The number of aryl methyl sites for hydroxylation is 1. The first-order valence-corrected chi connectivity index (χ1v) is 6.95. The smallest absolute Gasteiger partial charge is 0.316 e.